The molecule has 3 rings (SSSR count). The Kier molecular flexibility index (Phi) is 9.38. The molecule has 0 aromatic carbocycles. The standard InChI is InChI=1S/C19H34O14/c1-6-12(24)15(27)17(11(5-22)29-6)33-18-7(23)2-8(9(3-20)31-18)30-19-16(28)14(26)13(25)10(4-21)32-19/h6-28H,2-5H2,1H3/t6-,7?,8+,9?,10?,11-,12?,13-,14-,15?,16?,17+,18-,19-/m0/s1. The van der Waals surface area contributed by atoms with Gasteiger partial charge >= 0.3 is 0 Å². The minimum atomic E-state index is -1.68. The first-order valence-electron chi connectivity index (χ1n) is 10.8. The van der Waals surface area contributed by atoms with E-state index in [1.54, 1.807) is 0 Å². The molecule has 3 aliphatic heterocycles. The molecular weight excluding hydrogens is 452 g/mol. The Morgan fingerprint density at radius 3 is 1.85 bits per heavy atom. The summed E-state index contributed by atoms with van der Waals surface area (Å²) in [5.41, 5.74) is 0. The summed E-state index contributed by atoms with van der Waals surface area (Å²) in [4.78, 5) is 0. The average molecular weight is 486 g/mol. The topological polar surface area (TPSA) is 228 Å². The summed E-state index contributed by atoms with van der Waals surface area (Å²) < 4.78 is 27.5. The number of aliphatic hydroxyl groups is 9. The van der Waals surface area contributed by atoms with Crippen molar-refractivity contribution in [1.82, 2.24) is 0 Å². The third kappa shape index (κ3) is 5.65. The minimum Gasteiger partial charge on any atom is -0.394 e. The maximum absolute atomic E-state index is 10.5. The Bertz CT molecular complexity index is 607. The molecule has 6 unspecified atom stereocenters. The monoisotopic (exact) mass is 486 g/mol. The zero-order valence-corrected chi connectivity index (χ0v) is 18.0. The Labute approximate surface area is 189 Å². The van der Waals surface area contributed by atoms with Gasteiger partial charge in [-0.1, -0.05) is 0 Å². The maximum Gasteiger partial charge on any atom is 0.187 e. The van der Waals surface area contributed by atoms with Crippen LogP contribution < -0.4 is 0 Å². The SMILES string of the molecule is C[C@@H]1O[C@@H](CO)[C@@H](O[C@@H]2OC(CO)[C@H](O[C@H]3OC(CO)[C@H](O)[C@H](O)C3O)CC2O)C(O)C1O. The van der Waals surface area contributed by atoms with Crippen LogP contribution in [0.3, 0.4) is 0 Å². The van der Waals surface area contributed by atoms with Crippen molar-refractivity contribution in [2.75, 3.05) is 19.8 Å². The highest BCUT2D eigenvalue weighted by molar-refractivity contribution is 4.94. The molecule has 0 saturated carbocycles. The Hall–Kier alpha value is -0.560. The van der Waals surface area contributed by atoms with Gasteiger partial charge in [-0.25, -0.2) is 0 Å². The molecule has 194 valence electrons. The van der Waals surface area contributed by atoms with Gasteiger partial charge in [0.1, 0.15) is 61.0 Å². The summed E-state index contributed by atoms with van der Waals surface area (Å²) in [5.74, 6) is 0. The molecular formula is C19H34O14. The van der Waals surface area contributed by atoms with Crippen LogP contribution in [-0.4, -0.2) is 152 Å². The van der Waals surface area contributed by atoms with E-state index in [4.69, 9.17) is 23.7 Å². The molecule has 0 aromatic heterocycles. The maximum atomic E-state index is 10.5. The summed E-state index contributed by atoms with van der Waals surface area (Å²) in [6.07, 6.45) is -18.5. The van der Waals surface area contributed by atoms with Crippen LogP contribution in [0.1, 0.15) is 13.3 Å². The zero-order chi connectivity index (χ0) is 24.4. The molecule has 3 fully saturated rings. The van der Waals surface area contributed by atoms with Gasteiger partial charge in [0, 0.05) is 6.42 Å². The molecule has 0 amide bonds. The number of hydrogen-bond donors (Lipinski definition) is 9. The van der Waals surface area contributed by atoms with Crippen molar-refractivity contribution in [2.24, 2.45) is 0 Å². The van der Waals surface area contributed by atoms with Gasteiger partial charge in [-0.3, -0.25) is 0 Å². The van der Waals surface area contributed by atoms with E-state index in [0.717, 1.165) is 0 Å². The highest BCUT2D eigenvalue weighted by atomic mass is 16.7. The van der Waals surface area contributed by atoms with E-state index in [-0.39, 0.29) is 6.42 Å². The van der Waals surface area contributed by atoms with Crippen LogP contribution in [0, 0.1) is 0 Å². The second kappa shape index (κ2) is 11.5. The average Bonchev–Trinajstić information content (AvgIpc) is 2.80. The summed E-state index contributed by atoms with van der Waals surface area (Å²) in [6, 6.07) is 0. The van der Waals surface area contributed by atoms with Crippen LogP contribution in [0.2, 0.25) is 0 Å². The first kappa shape index (κ1) is 27.0. The molecule has 0 bridgehead atoms. The van der Waals surface area contributed by atoms with Crippen molar-refractivity contribution in [1.29, 1.82) is 0 Å². The Morgan fingerprint density at radius 1 is 0.636 bits per heavy atom. The van der Waals surface area contributed by atoms with E-state index >= 15 is 0 Å². The summed E-state index contributed by atoms with van der Waals surface area (Å²) in [5, 5.41) is 89.5. The number of hydrogen-bond acceptors (Lipinski definition) is 14. The van der Waals surface area contributed by atoms with Gasteiger partial charge in [0.2, 0.25) is 0 Å². The molecule has 14 nitrogen and oxygen atoms in total. The first-order chi connectivity index (χ1) is 15.6. The van der Waals surface area contributed by atoms with Gasteiger partial charge in [0.25, 0.3) is 0 Å². The zero-order valence-electron chi connectivity index (χ0n) is 18.0. The van der Waals surface area contributed by atoms with Crippen molar-refractivity contribution in [3.63, 3.8) is 0 Å². The van der Waals surface area contributed by atoms with E-state index in [0.29, 0.717) is 0 Å². The molecule has 3 heterocycles. The Morgan fingerprint density at radius 2 is 1.24 bits per heavy atom. The molecule has 33 heavy (non-hydrogen) atoms. The van der Waals surface area contributed by atoms with Crippen molar-refractivity contribution in [3.05, 3.63) is 0 Å². The van der Waals surface area contributed by atoms with Gasteiger partial charge in [-0.15, -0.1) is 0 Å². The van der Waals surface area contributed by atoms with Crippen LogP contribution in [0.4, 0.5) is 0 Å². The van der Waals surface area contributed by atoms with Crippen LogP contribution in [-0.2, 0) is 23.7 Å². The minimum absolute atomic E-state index is 0.197. The lowest BCUT2D eigenvalue weighted by atomic mass is 9.95. The predicted octanol–water partition coefficient (Wildman–Crippen LogP) is -5.47. The second-order valence-electron chi connectivity index (χ2n) is 8.54. The molecule has 3 aliphatic rings. The van der Waals surface area contributed by atoms with Gasteiger partial charge < -0.3 is 69.6 Å². The molecule has 0 radical (unpaired) electrons. The van der Waals surface area contributed by atoms with E-state index in [9.17, 15) is 46.0 Å². The largest absolute Gasteiger partial charge is 0.394 e. The first-order valence-corrected chi connectivity index (χ1v) is 10.8. The van der Waals surface area contributed by atoms with Crippen LogP contribution in [0.15, 0.2) is 0 Å². The van der Waals surface area contributed by atoms with Crippen molar-refractivity contribution < 1.29 is 69.6 Å². The quantitative estimate of drug-likeness (QED) is 0.164. The molecule has 0 aromatic rings. The molecule has 0 aliphatic carbocycles. The lowest BCUT2D eigenvalue weighted by Gasteiger charge is -2.46. The van der Waals surface area contributed by atoms with Crippen LogP contribution in [0.5, 0.6) is 0 Å². The highest BCUT2D eigenvalue weighted by Crippen LogP contribution is 2.31. The molecule has 0 spiro atoms. The molecule has 14 atom stereocenters. The van der Waals surface area contributed by atoms with E-state index < -0.39 is 106 Å². The fourth-order valence-corrected chi connectivity index (χ4v) is 4.23. The summed E-state index contributed by atoms with van der Waals surface area (Å²) >= 11 is 0. The van der Waals surface area contributed by atoms with E-state index in [2.05, 4.69) is 0 Å². The van der Waals surface area contributed by atoms with Gasteiger partial charge in [-0.05, 0) is 6.92 Å². The molecule has 14 heteroatoms. The van der Waals surface area contributed by atoms with E-state index in [1.807, 2.05) is 0 Å². The van der Waals surface area contributed by atoms with Crippen molar-refractivity contribution in [2.45, 2.75) is 99.2 Å². The van der Waals surface area contributed by atoms with E-state index in [1.165, 1.54) is 6.92 Å². The third-order valence-corrected chi connectivity index (χ3v) is 6.24. The smallest absolute Gasteiger partial charge is 0.187 e. The van der Waals surface area contributed by atoms with Gasteiger partial charge in [0.15, 0.2) is 12.6 Å². The molecule has 9 N–H and O–H groups in total. The van der Waals surface area contributed by atoms with Crippen LogP contribution >= 0.6 is 0 Å². The lowest BCUT2D eigenvalue weighted by molar-refractivity contribution is -0.355. The van der Waals surface area contributed by atoms with Crippen molar-refractivity contribution >= 4 is 0 Å². The Balaban J connectivity index is 1.66. The number of rotatable bonds is 7. The van der Waals surface area contributed by atoms with Crippen LogP contribution in [0.25, 0.3) is 0 Å². The fraction of sp³-hybridized carbons (Fsp3) is 1.00. The summed E-state index contributed by atoms with van der Waals surface area (Å²) in [7, 11) is 0. The lowest BCUT2D eigenvalue weighted by Crippen LogP contribution is -2.63. The molecule has 3 saturated heterocycles. The third-order valence-electron chi connectivity index (χ3n) is 6.24. The van der Waals surface area contributed by atoms with Gasteiger partial charge in [0.05, 0.1) is 32.0 Å². The second-order valence-corrected chi connectivity index (χ2v) is 8.54. The fourth-order valence-electron chi connectivity index (χ4n) is 4.23. The van der Waals surface area contributed by atoms with Gasteiger partial charge in [-0.2, -0.15) is 0 Å². The summed E-state index contributed by atoms with van der Waals surface area (Å²) in [6.45, 7) is -0.285. The number of ether oxygens (including phenoxy) is 5. The number of aliphatic hydroxyl groups excluding tert-OH is 9. The predicted molar refractivity (Wildman–Crippen MR) is 103 cm³/mol. The normalized spacial score (nSPS) is 51.5. The van der Waals surface area contributed by atoms with Crippen molar-refractivity contribution in [3.8, 4) is 0 Å². The highest BCUT2D eigenvalue weighted by Gasteiger charge is 2.49.